The van der Waals surface area contributed by atoms with Gasteiger partial charge in [0.25, 0.3) is 0 Å². The first-order chi connectivity index (χ1) is 4.57. The van der Waals surface area contributed by atoms with Crippen LogP contribution in [-0.4, -0.2) is 18.5 Å². The zero-order chi connectivity index (χ0) is 8.15. The largest absolute Gasteiger partial charge is 0.299 e. The minimum Gasteiger partial charge on any atom is -0.299 e. The van der Waals surface area contributed by atoms with Crippen LogP contribution in [0.2, 0.25) is 0 Å². The Morgan fingerprint density at radius 2 is 1.80 bits per heavy atom. The fourth-order valence-electron chi connectivity index (χ4n) is 0.514. The molecule has 56 valence electrons. The molecule has 0 unspecified atom stereocenters. The van der Waals surface area contributed by atoms with Crippen LogP contribution in [0, 0.1) is 5.41 Å². The average Bonchev–Trinajstić information content (AvgIpc) is 1.85. The van der Waals surface area contributed by atoms with Gasteiger partial charge in [-0.15, -0.1) is 0 Å². The van der Waals surface area contributed by atoms with Gasteiger partial charge in [-0.05, 0) is 26.8 Å². The van der Waals surface area contributed by atoms with E-state index in [0.29, 0.717) is 5.71 Å². The zero-order valence-corrected chi connectivity index (χ0v) is 7.02. The quantitative estimate of drug-likeness (QED) is 0.567. The van der Waals surface area contributed by atoms with Crippen LogP contribution in [-0.2, 0) is 0 Å². The predicted octanol–water partition coefficient (Wildman–Crippen LogP) is 2.06. The third-order valence-electron chi connectivity index (χ3n) is 1.16. The van der Waals surface area contributed by atoms with Crippen molar-refractivity contribution >= 4 is 11.4 Å². The summed E-state index contributed by atoms with van der Waals surface area (Å²) >= 11 is 0. The van der Waals surface area contributed by atoms with Crippen LogP contribution in [0.15, 0.2) is 16.6 Å². The molecule has 1 N–H and O–H groups in total. The lowest BCUT2D eigenvalue weighted by atomic mass is 10.2. The summed E-state index contributed by atoms with van der Waals surface area (Å²) in [7, 11) is 1.70. The maximum Gasteiger partial charge on any atom is 0.0746 e. The Hall–Kier alpha value is -0.920. The topological polar surface area (TPSA) is 36.2 Å². The van der Waals surface area contributed by atoms with Crippen molar-refractivity contribution < 1.29 is 0 Å². The fourth-order valence-corrected chi connectivity index (χ4v) is 0.514. The van der Waals surface area contributed by atoms with Crippen molar-refractivity contribution in [1.29, 1.82) is 5.41 Å². The molecule has 2 heteroatoms. The van der Waals surface area contributed by atoms with Crippen LogP contribution >= 0.6 is 0 Å². The molecule has 0 bridgehead atoms. The normalized spacial score (nSPS) is 11.0. The Kier molecular flexibility index (Phi) is 3.62. The monoisotopic (exact) mass is 138 g/mol. The molecule has 0 saturated carbocycles. The van der Waals surface area contributed by atoms with Crippen molar-refractivity contribution in [2.45, 2.75) is 20.8 Å². The highest BCUT2D eigenvalue weighted by molar-refractivity contribution is 6.44. The smallest absolute Gasteiger partial charge is 0.0746 e. The van der Waals surface area contributed by atoms with Crippen molar-refractivity contribution in [3.63, 3.8) is 0 Å². The van der Waals surface area contributed by atoms with Crippen molar-refractivity contribution in [2.75, 3.05) is 7.05 Å². The minimum absolute atomic E-state index is 0.502. The summed E-state index contributed by atoms with van der Waals surface area (Å²) in [6.07, 6.45) is 1.81. The van der Waals surface area contributed by atoms with Crippen LogP contribution in [0.5, 0.6) is 0 Å². The van der Waals surface area contributed by atoms with Gasteiger partial charge >= 0.3 is 0 Å². The van der Waals surface area contributed by atoms with E-state index in [-0.39, 0.29) is 0 Å². The van der Waals surface area contributed by atoms with Crippen LogP contribution in [0.1, 0.15) is 20.8 Å². The molecule has 0 aromatic heterocycles. The summed E-state index contributed by atoms with van der Waals surface area (Å²) in [5.74, 6) is 0. The van der Waals surface area contributed by atoms with Crippen LogP contribution in [0.4, 0.5) is 0 Å². The average molecular weight is 138 g/mol. The molecule has 0 amide bonds. The third kappa shape index (κ3) is 3.17. The molecule has 0 aliphatic carbocycles. The first-order valence-corrected chi connectivity index (χ1v) is 3.25. The summed E-state index contributed by atoms with van der Waals surface area (Å²) < 4.78 is 0. The number of hydrogen-bond acceptors (Lipinski definition) is 2. The summed E-state index contributed by atoms with van der Waals surface area (Å²) in [5, 5.41) is 7.42. The van der Waals surface area contributed by atoms with Gasteiger partial charge in [0.15, 0.2) is 0 Å². The lowest BCUT2D eigenvalue weighted by Gasteiger charge is -1.95. The van der Waals surface area contributed by atoms with Crippen molar-refractivity contribution in [1.82, 2.24) is 0 Å². The standard InChI is InChI=1S/C8H14N2/c1-6(2)5-8(9)7(3)10-4/h5,9H,1-4H3. The van der Waals surface area contributed by atoms with E-state index in [1.165, 1.54) is 0 Å². The Labute approximate surface area is 62.2 Å². The second-order valence-corrected chi connectivity index (χ2v) is 2.44. The highest BCUT2D eigenvalue weighted by Crippen LogP contribution is 1.91. The minimum atomic E-state index is 0.502. The van der Waals surface area contributed by atoms with E-state index >= 15 is 0 Å². The van der Waals surface area contributed by atoms with E-state index < -0.39 is 0 Å². The molecule has 2 nitrogen and oxygen atoms in total. The van der Waals surface area contributed by atoms with Crippen LogP contribution in [0.25, 0.3) is 0 Å². The van der Waals surface area contributed by atoms with E-state index in [1.54, 1.807) is 7.05 Å². The Morgan fingerprint density at radius 1 is 1.30 bits per heavy atom. The molecule has 0 aromatic carbocycles. The fraction of sp³-hybridized carbons (Fsp3) is 0.500. The highest BCUT2D eigenvalue weighted by Gasteiger charge is 1.93. The molecule has 0 rings (SSSR count). The van der Waals surface area contributed by atoms with Crippen LogP contribution in [0.3, 0.4) is 0 Å². The zero-order valence-electron chi connectivity index (χ0n) is 7.02. The summed E-state index contributed by atoms with van der Waals surface area (Å²) in [4.78, 5) is 3.89. The van der Waals surface area contributed by atoms with Gasteiger partial charge in [-0.2, -0.15) is 0 Å². The molecule has 0 heterocycles. The summed E-state index contributed by atoms with van der Waals surface area (Å²) in [6.45, 7) is 5.77. The summed E-state index contributed by atoms with van der Waals surface area (Å²) in [6, 6.07) is 0. The van der Waals surface area contributed by atoms with Gasteiger partial charge in [0.1, 0.15) is 0 Å². The molecule has 0 aliphatic rings. The predicted molar refractivity (Wildman–Crippen MR) is 46.2 cm³/mol. The second-order valence-electron chi connectivity index (χ2n) is 2.44. The van der Waals surface area contributed by atoms with Gasteiger partial charge in [0.2, 0.25) is 0 Å². The van der Waals surface area contributed by atoms with E-state index in [0.717, 1.165) is 11.3 Å². The van der Waals surface area contributed by atoms with Gasteiger partial charge in [0, 0.05) is 7.05 Å². The SMILES string of the molecule is CN=C(C)C(=N)C=C(C)C. The molecular formula is C8H14N2. The third-order valence-corrected chi connectivity index (χ3v) is 1.16. The van der Waals surface area contributed by atoms with Gasteiger partial charge < -0.3 is 0 Å². The van der Waals surface area contributed by atoms with Crippen molar-refractivity contribution in [3.8, 4) is 0 Å². The number of nitrogens with one attached hydrogen (secondary N) is 1. The molecule has 0 atom stereocenters. The summed E-state index contributed by atoms with van der Waals surface area (Å²) in [5.41, 5.74) is 2.41. The highest BCUT2D eigenvalue weighted by atomic mass is 14.7. The van der Waals surface area contributed by atoms with E-state index in [1.807, 2.05) is 26.8 Å². The molecule has 0 aromatic rings. The van der Waals surface area contributed by atoms with Gasteiger partial charge in [-0.1, -0.05) is 5.57 Å². The van der Waals surface area contributed by atoms with E-state index in [9.17, 15) is 0 Å². The van der Waals surface area contributed by atoms with Gasteiger partial charge in [-0.25, -0.2) is 0 Å². The maximum absolute atomic E-state index is 7.42. The number of aliphatic imine (C=N–C) groups is 1. The molecule has 0 fully saturated rings. The van der Waals surface area contributed by atoms with Crippen LogP contribution < -0.4 is 0 Å². The first kappa shape index (κ1) is 9.08. The molecule has 10 heavy (non-hydrogen) atoms. The van der Waals surface area contributed by atoms with Crippen molar-refractivity contribution in [2.24, 2.45) is 4.99 Å². The van der Waals surface area contributed by atoms with Gasteiger partial charge in [-0.3, -0.25) is 10.4 Å². The number of rotatable bonds is 2. The molecule has 0 spiro atoms. The Balaban J connectivity index is 4.26. The maximum atomic E-state index is 7.42. The number of allylic oxidation sites excluding steroid dienone is 2. The van der Waals surface area contributed by atoms with Crippen molar-refractivity contribution in [3.05, 3.63) is 11.6 Å². The number of nitrogens with zero attached hydrogens (tertiary/aromatic N) is 1. The second kappa shape index (κ2) is 3.99. The first-order valence-electron chi connectivity index (χ1n) is 3.25. The Morgan fingerprint density at radius 3 is 2.10 bits per heavy atom. The lowest BCUT2D eigenvalue weighted by molar-refractivity contribution is 1.38. The number of hydrogen-bond donors (Lipinski definition) is 1. The lowest BCUT2D eigenvalue weighted by Crippen LogP contribution is -2.05. The Bertz CT molecular complexity index is 183. The van der Waals surface area contributed by atoms with E-state index in [4.69, 9.17) is 5.41 Å². The molecule has 0 aliphatic heterocycles. The molecular weight excluding hydrogens is 124 g/mol. The van der Waals surface area contributed by atoms with E-state index in [2.05, 4.69) is 4.99 Å². The molecule has 0 radical (unpaired) electrons. The molecule has 0 saturated heterocycles. The van der Waals surface area contributed by atoms with Gasteiger partial charge in [0.05, 0.1) is 11.4 Å².